The third-order valence-electron chi connectivity index (χ3n) is 6.86. The highest BCUT2D eigenvalue weighted by molar-refractivity contribution is 14.1. The summed E-state index contributed by atoms with van der Waals surface area (Å²) in [4.78, 5) is 25.2. The van der Waals surface area contributed by atoms with Gasteiger partial charge in [-0.3, -0.25) is 9.59 Å². The van der Waals surface area contributed by atoms with Crippen LogP contribution < -0.4 is 10.4 Å². The van der Waals surface area contributed by atoms with Crippen LogP contribution in [0.1, 0.15) is 60.8 Å². The maximum atomic E-state index is 12.6. The number of hydrogen-bond donors (Lipinski definition) is 0. The Balaban J connectivity index is 1.88. The van der Waals surface area contributed by atoms with Crippen LogP contribution >= 0.6 is 22.6 Å². The molecule has 0 radical (unpaired) electrons. The van der Waals surface area contributed by atoms with E-state index in [0.29, 0.717) is 6.42 Å². The van der Waals surface area contributed by atoms with Gasteiger partial charge in [0.25, 0.3) is 14.1 Å². The average molecular weight is 635 g/mol. The molecule has 1 saturated heterocycles. The molecule has 7 heteroatoms. The standard InChI is InChI=1S/C30H39IO5Si/c1-28(2,3)37(24-16-9-7-10-17-24,25-18-11-8-12-19-25)36-23(20-22-31)15-13-14-21-30(6)26(32)34-29(4,5)35-27(30)33/h7-14,16-19,23H,15,20-22H2,1-6H3/b14-13+. The molecule has 0 N–H and O–H groups in total. The number of hydrogen-bond acceptors (Lipinski definition) is 5. The number of allylic oxidation sites excluding steroid dienone is 1. The molecule has 1 heterocycles. The second kappa shape index (κ2) is 11.8. The maximum Gasteiger partial charge on any atom is 0.326 e. The lowest BCUT2D eigenvalue weighted by atomic mass is 9.85. The summed E-state index contributed by atoms with van der Waals surface area (Å²) in [5.74, 6) is -2.33. The van der Waals surface area contributed by atoms with Crippen molar-refractivity contribution in [1.82, 2.24) is 0 Å². The van der Waals surface area contributed by atoms with Crippen LogP contribution in [0.2, 0.25) is 5.04 Å². The molecular formula is C30H39IO5Si. The molecule has 200 valence electrons. The number of alkyl halides is 1. The Morgan fingerprint density at radius 3 is 1.81 bits per heavy atom. The van der Waals surface area contributed by atoms with E-state index < -0.39 is 31.5 Å². The fraction of sp³-hybridized carbons (Fsp3) is 0.467. The molecule has 1 aliphatic rings. The molecule has 0 spiro atoms. The van der Waals surface area contributed by atoms with E-state index in [0.717, 1.165) is 10.8 Å². The lowest BCUT2D eigenvalue weighted by molar-refractivity contribution is -0.249. The Labute approximate surface area is 236 Å². The maximum absolute atomic E-state index is 12.6. The van der Waals surface area contributed by atoms with Crippen LogP contribution in [-0.2, 0) is 23.5 Å². The van der Waals surface area contributed by atoms with Crippen molar-refractivity contribution in [1.29, 1.82) is 0 Å². The van der Waals surface area contributed by atoms with E-state index in [2.05, 4.69) is 91.9 Å². The van der Waals surface area contributed by atoms with E-state index in [1.54, 1.807) is 20.8 Å². The van der Waals surface area contributed by atoms with Gasteiger partial charge in [0.15, 0.2) is 5.41 Å². The molecule has 5 nitrogen and oxygen atoms in total. The number of rotatable bonds is 10. The SMILES string of the molecule is CC1(C)OC(=O)C(C)(C/C=C/CC(CCI)O[Si](c2ccccc2)(c2ccccc2)C(C)(C)C)C(=O)O1. The van der Waals surface area contributed by atoms with Gasteiger partial charge in [-0.1, -0.05) is 116 Å². The van der Waals surface area contributed by atoms with Crippen molar-refractivity contribution in [3.8, 4) is 0 Å². The number of halogens is 1. The number of esters is 2. The molecule has 0 aliphatic carbocycles. The van der Waals surface area contributed by atoms with Gasteiger partial charge >= 0.3 is 11.9 Å². The first-order valence-corrected chi connectivity index (χ1v) is 16.3. The van der Waals surface area contributed by atoms with Crippen LogP contribution in [0.3, 0.4) is 0 Å². The van der Waals surface area contributed by atoms with Gasteiger partial charge in [-0.05, 0) is 41.6 Å². The third kappa shape index (κ3) is 6.54. The lowest BCUT2D eigenvalue weighted by Crippen LogP contribution is -2.67. The molecule has 2 aromatic carbocycles. The molecule has 37 heavy (non-hydrogen) atoms. The Kier molecular flexibility index (Phi) is 9.45. The average Bonchev–Trinajstić information content (AvgIpc) is 2.83. The topological polar surface area (TPSA) is 61.8 Å². The summed E-state index contributed by atoms with van der Waals surface area (Å²) in [7, 11) is -2.68. The van der Waals surface area contributed by atoms with E-state index in [9.17, 15) is 9.59 Å². The normalized spacial score (nSPS) is 18.4. The monoisotopic (exact) mass is 634 g/mol. The van der Waals surface area contributed by atoms with Gasteiger partial charge in [0.2, 0.25) is 0 Å². The molecule has 0 amide bonds. The van der Waals surface area contributed by atoms with Gasteiger partial charge in [0.05, 0.1) is 0 Å². The first kappa shape index (κ1) is 29.6. The Morgan fingerprint density at radius 1 is 0.892 bits per heavy atom. The Hall–Kier alpha value is -1.97. The zero-order valence-corrected chi connectivity index (χ0v) is 25.9. The molecule has 0 aromatic heterocycles. The van der Waals surface area contributed by atoms with Crippen molar-refractivity contribution in [3.63, 3.8) is 0 Å². The Morgan fingerprint density at radius 2 is 1.38 bits per heavy atom. The van der Waals surface area contributed by atoms with Crippen molar-refractivity contribution >= 4 is 53.2 Å². The summed E-state index contributed by atoms with van der Waals surface area (Å²) in [5, 5.41) is 2.39. The van der Waals surface area contributed by atoms with Crippen LogP contribution in [0.25, 0.3) is 0 Å². The zero-order valence-electron chi connectivity index (χ0n) is 22.8. The highest BCUT2D eigenvalue weighted by atomic mass is 127. The minimum absolute atomic E-state index is 0.0172. The first-order valence-electron chi connectivity index (χ1n) is 12.8. The summed E-state index contributed by atoms with van der Waals surface area (Å²) in [5.41, 5.74) is -1.34. The fourth-order valence-corrected chi connectivity index (χ4v) is 10.2. The van der Waals surface area contributed by atoms with Crippen molar-refractivity contribution in [2.24, 2.45) is 5.41 Å². The highest BCUT2D eigenvalue weighted by Gasteiger charge is 2.53. The quantitative estimate of drug-likeness (QED) is 0.0810. The van der Waals surface area contributed by atoms with Crippen LogP contribution in [-0.4, -0.2) is 36.6 Å². The van der Waals surface area contributed by atoms with Crippen LogP contribution in [0.4, 0.5) is 0 Å². The summed E-state index contributed by atoms with van der Waals surface area (Å²) in [6, 6.07) is 21.2. The highest BCUT2D eigenvalue weighted by Crippen LogP contribution is 2.39. The van der Waals surface area contributed by atoms with Gasteiger partial charge in [-0.2, -0.15) is 0 Å². The van der Waals surface area contributed by atoms with Gasteiger partial charge in [0, 0.05) is 24.4 Å². The largest absolute Gasteiger partial charge is 0.422 e. The molecule has 0 bridgehead atoms. The second-order valence-corrected chi connectivity index (χ2v) is 16.6. The van der Waals surface area contributed by atoms with Crippen LogP contribution in [0.15, 0.2) is 72.8 Å². The number of cyclic esters (lactones) is 2. The molecule has 3 rings (SSSR count). The first-order chi connectivity index (χ1) is 17.4. The molecular weight excluding hydrogens is 595 g/mol. The molecule has 1 aliphatic heterocycles. The number of benzene rings is 2. The molecule has 0 saturated carbocycles. The van der Waals surface area contributed by atoms with Crippen molar-refractivity contribution in [3.05, 3.63) is 72.8 Å². The van der Waals surface area contributed by atoms with Crippen molar-refractivity contribution in [2.45, 2.75) is 77.7 Å². The minimum Gasteiger partial charge on any atom is -0.422 e. The van der Waals surface area contributed by atoms with Gasteiger partial charge in [-0.25, -0.2) is 0 Å². The summed E-state index contributed by atoms with van der Waals surface area (Å²) >= 11 is 2.40. The number of ether oxygens (including phenoxy) is 2. The predicted molar refractivity (Wildman–Crippen MR) is 159 cm³/mol. The number of carbonyl (C=O) groups excluding carboxylic acids is 2. The van der Waals surface area contributed by atoms with E-state index in [1.165, 1.54) is 10.4 Å². The summed E-state index contributed by atoms with van der Waals surface area (Å²) in [6.45, 7) is 11.5. The fourth-order valence-electron chi connectivity index (χ4n) is 4.80. The van der Waals surface area contributed by atoms with E-state index >= 15 is 0 Å². The van der Waals surface area contributed by atoms with Gasteiger partial charge < -0.3 is 13.9 Å². The van der Waals surface area contributed by atoms with E-state index in [-0.39, 0.29) is 17.6 Å². The lowest BCUT2D eigenvalue weighted by Gasteiger charge is -2.45. The zero-order chi connectivity index (χ0) is 27.3. The summed E-state index contributed by atoms with van der Waals surface area (Å²) < 4.78 is 18.9. The smallest absolute Gasteiger partial charge is 0.326 e. The van der Waals surface area contributed by atoms with E-state index in [1.807, 2.05) is 24.3 Å². The minimum atomic E-state index is -2.68. The van der Waals surface area contributed by atoms with Crippen molar-refractivity contribution in [2.75, 3.05) is 4.43 Å². The molecule has 1 fully saturated rings. The summed E-state index contributed by atoms with van der Waals surface area (Å²) in [6.07, 6.45) is 5.69. The van der Waals surface area contributed by atoms with Crippen LogP contribution in [0, 0.1) is 5.41 Å². The second-order valence-electron chi connectivity index (χ2n) is 11.3. The number of carbonyl (C=O) groups is 2. The third-order valence-corrected chi connectivity index (χ3v) is 12.6. The predicted octanol–water partition coefficient (Wildman–Crippen LogP) is 5.94. The van der Waals surface area contributed by atoms with Crippen molar-refractivity contribution < 1.29 is 23.5 Å². The van der Waals surface area contributed by atoms with Crippen LogP contribution in [0.5, 0.6) is 0 Å². The Bertz CT molecular complexity index is 1030. The molecule has 2 aromatic rings. The molecule has 1 unspecified atom stereocenters. The van der Waals surface area contributed by atoms with E-state index in [4.69, 9.17) is 13.9 Å². The van der Waals surface area contributed by atoms with Gasteiger partial charge in [0.1, 0.15) is 0 Å². The molecule has 1 atom stereocenters. The van der Waals surface area contributed by atoms with Gasteiger partial charge in [-0.15, -0.1) is 0 Å².